The molecule has 0 radical (unpaired) electrons. The van der Waals surface area contributed by atoms with E-state index in [1.807, 2.05) is 29.3 Å². The molecule has 1 amide bonds. The third-order valence-electron chi connectivity index (χ3n) is 5.75. The van der Waals surface area contributed by atoms with Gasteiger partial charge in [0.15, 0.2) is 11.3 Å². The van der Waals surface area contributed by atoms with Gasteiger partial charge in [0.25, 0.3) is 5.91 Å². The van der Waals surface area contributed by atoms with Crippen molar-refractivity contribution < 1.29 is 9.53 Å². The predicted octanol–water partition coefficient (Wildman–Crippen LogP) is 4.32. The van der Waals surface area contributed by atoms with Crippen LogP contribution in [0.2, 0.25) is 0 Å². The molecule has 0 fully saturated rings. The first-order valence-corrected chi connectivity index (χ1v) is 10.8. The van der Waals surface area contributed by atoms with Crippen molar-refractivity contribution in [1.82, 2.24) is 24.5 Å². The van der Waals surface area contributed by atoms with Gasteiger partial charge in [-0.25, -0.2) is 14.5 Å². The van der Waals surface area contributed by atoms with Gasteiger partial charge in [0, 0.05) is 42.8 Å². The number of aromatic nitrogens is 4. The SMILES string of the molecule is COc1ccc(-c2cccc3c2CCN(C(=O)c2cc4ncc(Br)cn4n2)C3C)cn1. The number of ether oxygens (including phenoxy) is 1. The Morgan fingerprint density at radius 3 is 2.84 bits per heavy atom. The quantitative estimate of drug-likeness (QED) is 0.439. The largest absolute Gasteiger partial charge is 0.481 e. The molecule has 0 saturated heterocycles. The number of benzene rings is 1. The third kappa shape index (κ3) is 3.46. The number of nitrogens with zero attached hydrogens (tertiary/aromatic N) is 5. The number of hydrogen-bond acceptors (Lipinski definition) is 5. The fourth-order valence-electron chi connectivity index (χ4n) is 4.18. The molecule has 1 atom stereocenters. The van der Waals surface area contributed by atoms with Crippen molar-refractivity contribution in [3.8, 4) is 17.0 Å². The van der Waals surface area contributed by atoms with Gasteiger partial charge in [-0.2, -0.15) is 5.10 Å². The zero-order chi connectivity index (χ0) is 21.5. The minimum atomic E-state index is -0.0868. The molecule has 4 aromatic rings. The summed E-state index contributed by atoms with van der Waals surface area (Å²) in [6, 6.07) is 11.8. The lowest BCUT2D eigenvalue weighted by atomic mass is 9.87. The van der Waals surface area contributed by atoms with Crippen LogP contribution in [0.25, 0.3) is 16.8 Å². The van der Waals surface area contributed by atoms with Crippen LogP contribution in [-0.4, -0.2) is 44.0 Å². The average Bonchev–Trinajstić information content (AvgIpc) is 3.22. The number of amides is 1. The Labute approximate surface area is 187 Å². The molecular formula is C23H20BrN5O2. The predicted molar refractivity (Wildman–Crippen MR) is 120 cm³/mol. The van der Waals surface area contributed by atoms with Gasteiger partial charge in [-0.1, -0.05) is 18.2 Å². The normalized spacial score (nSPS) is 15.7. The van der Waals surface area contributed by atoms with Crippen LogP contribution in [0.3, 0.4) is 0 Å². The molecule has 0 spiro atoms. The van der Waals surface area contributed by atoms with Crippen molar-refractivity contribution in [2.24, 2.45) is 0 Å². The minimum absolute atomic E-state index is 0.0630. The van der Waals surface area contributed by atoms with E-state index in [9.17, 15) is 4.79 Å². The zero-order valence-corrected chi connectivity index (χ0v) is 18.7. The number of carbonyl (C=O) groups is 1. The van der Waals surface area contributed by atoms with E-state index in [2.05, 4.69) is 50.1 Å². The second-order valence-electron chi connectivity index (χ2n) is 7.49. The fraction of sp³-hybridized carbons (Fsp3) is 0.217. The van der Waals surface area contributed by atoms with Gasteiger partial charge in [0.05, 0.1) is 17.6 Å². The maximum absolute atomic E-state index is 13.3. The number of pyridine rings is 1. The molecule has 8 heteroatoms. The van der Waals surface area contributed by atoms with E-state index in [-0.39, 0.29) is 11.9 Å². The summed E-state index contributed by atoms with van der Waals surface area (Å²) in [4.78, 5) is 23.8. The molecule has 0 bridgehead atoms. The van der Waals surface area contributed by atoms with Gasteiger partial charge in [-0.05, 0) is 52.0 Å². The highest BCUT2D eigenvalue weighted by Crippen LogP contribution is 2.36. The summed E-state index contributed by atoms with van der Waals surface area (Å²) in [6.07, 6.45) is 6.09. The summed E-state index contributed by atoms with van der Waals surface area (Å²) in [5.41, 5.74) is 5.64. The molecule has 1 aromatic carbocycles. The van der Waals surface area contributed by atoms with E-state index in [1.165, 1.54) is 5.56 Å². The summed E-state index contributed by atoms with van der Waals surface area (Å²) in [7, 11) is 1.61. The van der Waals surface area contributed by atoms with Gasteiger partial charge in [0.2, 0.25) is 5.88 Å². The first kappa shape index (κ1) is 19.7. The van der Waals surface area contributed by atoms with E-state index in [1.54, 1.807) is 30.1 Å². The lowest BCUT2D eigenvalue weighted by molar-refractivity contribution is 0.0671. The standard InChI is InChI=1S/C23H20BrN5O2/c1-14-17-4-3-5-18(15-6-7-22(31-2)26-11-15)19(17)8-9-28(14)23(30)20-10-21-25-12-16(24)13-29(21)27-20/h3-7,10-14H,8-9H2,1-2H3. The maximum Gasteiger partial charge on any atom is 0.274 e. The third-order valence-corrected chi connectivity index (χ3v) is 6.16. The van der Waals surface area contributed by atoms with Crippen LogP contribution < -0.4 is 4.74 Å². The fourth-order valence-corrected chi connectivity index (χ4v) is 4.48. The van der Waals surface area contributed by atoms with E-state index in [0.717, 1.165) is 27.6 Å². The number of halogens is 1. The van der Waals surface area contributed by atoms with Crippen LogP contribution in [0.5, 0.6) is 5.88 Å². The zero-order valence-electron chi connectivity index (χ0n) is 17.1. The molecule has 1 aliphatic heterocycles. The minimum Gasteiger partial charge on any atom is -0.481 e. The van der Waals surface area contributed by atoms with Crippen LogP contribution in [0.1, 0.15) is 34.6 Å². The maximum atomic E-state index is 13.3. The Morgan fingerprint density at radius 1 is 1.19 bits per heavy atom. The summed E-state index contributed by atoms with van der Waals surface area (Å²) < 4.78 is 7.60. The van der Waals surface area contributed by atoms with Crippen LogP contribution in [-0.2, 0) is 6.42 Å². The molecule has 1 aliphatic rings. The number of rotatable bonds is 3. The highest BCUT2D eigenvalue weighted by atomic mass is 79.9. The molecule has 4 heterocycles. The van der Waals surface area contributed by atoms with Crippen molar-refractivity contribution in [3.05, 3.63) is 76.3 Å². The van der Waals surface area contributed by atoms with Crippen LogP contribution in [0.4, 0.5) is 0 Å². The second kappa shape index (κ2) is 7.77. The summed E-state index contributed by atoms with van der Waals surface area (Å²) in [5.74, 6) is 0.504. The van der Waals surface area contributed by atoms with E-state index < -0.39 is 0 Å². The lowest BCUT2D eigenvalue weighted by Gasteiger charge is -2.36. The molecule has 0 aliphatic carbocycles. The van der Waals surface area contributed by atoms with Crippen molar-refractivity contribution in [2.75, 3.05) is 13.7 Å². The average molecular weight is 478 g/mol. The van der Waals surface area contributed by atoms with Crippen molar-refractivity contribution >= 4 is 27.5 Å². The number of carbonyl (C=O) groups excluding carboxylic acids is 1. The van der Waals surface area contributed by atoms with Crippen molar-refractivity contribution in [3.63, 3.8) is 0 Å². The molecule has 0 saturated carbocycles. The first-order chi connectivity index (χ1) is 15.0. The molecule has 5 rings (SSSR count). The number of hydrogen-bond donors (Lipinski definition) is 0. The van der Waals surface area contributed by atoms with Gasteiger partial charge in [0.1, 0.15) is 0 Å². The van der Waals surface area contributed by atoms with Crippen molar-refractivity contribution in [2.45, 2.75) is 19.4 Å². The summed E-state index contributed by atoms with van der Waals surface area (Å²) in [5, 5.41) is 4.43. The number of fused-ring (bicyclic) bond motifs is 2. The second-order valence-corrected chi connectivity index (χ2v) is 8.41. The molecule has 31 heavy (non-hydrogen) atoms. The van der Waals surface area contributed by atoms with E-state index in [4.69, 9.17) is 4.74 Å². The van der Waals surface area contributed by atoms with E-state index >= 15 is 0 Å². The Kier molecular flexibility index (Phi) is 4.94. The van der Waals surface area contributed by atoms with Gasteiger partial charge < -0.3 is 9.64 Å². The first-order valence-electron chi connectivity index (χ1n) is 9.99. The molecule has 1 unspecified atom stereocenters. The van der Waals surface area contributed by atoms with Crippen LogP contribution in [0.15, 0.2) is 59.5 Å². The molecule has 156 valence electrons. The van der Waals surface area contributed by atoms with Crippen LogP contribution >= 0.6 is 15.9 Å². The van der Waals surface area contributed by atoms with Gasteiger partial charge in [-0.3, -0.25) is 4.79 Å². The topological polar surface area (TPSA) is 72.6 Å². The van der Waals surface area contributed by atoms with Gasteiger partial charge >= 0.3 is 0 Å². The lowest BCUT2D eigenvalue weighted by Crippen LogP contribution is -2.39. The highest BCUT2D eigenvalue weighted by molar-refractivity contribution is 9.10. The van der Waals surface area contributed by atoms with Crippen LogP contribution in [0, 0.1) is 0 Å². The Hall–Kier alpha value is -3.26. The smallest absolute Gasteiger partial charge is 0.274 e. The number of methoxy groups -OCH3 is 1. The highest BCUT2D eigenvalue weighted by Gasteiger charge is 2.31. The molecule has 7 nitrogen and oxygen atoms in total. The summed E-state index contributed by atoms with van der Waals surface area (Å²) >= 11 is 3.39. The van der Waals surface area contributed by atoms with E-state index in [0.29, 0.717) is 23.8 Å². The molecule has 0 N–H and O–H groups in total. The summed E-state index contributed by atoms with van der Waals surface area (Å²) in [6.45, 7) is 2.69. The Bertz CT molecular complexity index is 1290. The van der Waals surface area contributed by atoms with Crippen molar-refractivity contribution in [1.29, 1.82) is 0 Å². The Morgan fingerprint density at radius 2 is 2.06 bits per heavy atom. The Balaban J connectivity index is 1.47. The molecular weight excluding hydrogens is 458 g/mol. The molecule has 3 aromatic heterocycles. The van der Waals surface area contributed by atoms with Gasteiger partial charge in [-0.15, -0.1) is 0 Å². The monoisotopic (exact) mass is 477 g/mol.